The maximum Gasteiger partial charge on any atom is 0.327 e. The van der Waals surface area contributed by atoms with Gasteiger partial charge in [0.2, 0.25) is 0 Å². The zero-order valence-electron chi connectivity index (χ0n) is 10.9. The average molecular weight is 377 g/mol. The van der Waals surface area contributed by atoms with E-state index in [4.69, 9.17) is 23.2 Å². The van der Waals surface area contributed by atoms with Crippen LogP contribution in [0.4, 0.5) is 0 Å². The van der Waals surface area contributed by atoms with Gasteiger partial charge < -0.3 is 15.3 Å². The number of hydrogen-bond acceptors (Lipinski definition) is 5. The summed E-state index contributed by atoms with van der Waals surface area (Å²) in [7, 11) is 0. The first kappa shape index (κ1) is 17.1. The molecule has 0 aliphatic rings. The van der Waals surface area contributed by atoms with Gasteiger partial charge in [-0.15, -0.1) is 0 Å². The zero-order valence-corrected chi connectivity index (χ0v) is 14.0. The summed E-state index contributed by atoms with van der Waals surface area (Å²) in [6, 6.07) is 9.00. The lowest BCUT2D eigenvalue weighted by Gasteiger charge is -2.12. The number of aromatic hydroxyl groups is 2. The third kappa shape index (κ3) is 4.39. The average Bonchev–Trinajstić information content (AvgIpc) is 2.46. The Morgan fingerprint density at radius 2 is 1.32 bits per heavy atom. The van der Waals surface area contributed by atoms with Gasteiger partial charge in [-0.3, -0.25) is 4.79 Å². The van der Waals surface area contributed by atoms with Gasteiger partial charge in [-0.2, -0.15) is 0 Å². The van der Waals surface area contributed by atoms with Crippen LogP contribution in [0.25, 0.3) is 0 Å². The molecule has 3 N–H and O–H groups in total. The lowest BCUT2D eigenvalue weighted by molar-refractivity contribution is -0.134. The molecular formula is C14H10Cl2O4S2. The highest BCUT2D eigenvalue weighted by Crippen LogP contribution is 2.39. The van der Waals surface area contributed by atoms with Gasteiger partial charge in [0.1, 0.15) is 11.5 Å². The summed E-state index contributed by atoms with van der Waals surface area (Å²) in [6.07, 6.45) is 0. The SMILES string of the molecule is O=C(O)C(Sc1ccc(O)c(Cl)c1)Sc1ccc(O)c(Cl)c1. The quantitative estimate of drug-likeness (QED) is 0.518. The number of carbonyl (C=O) groups is 1. The molecule has 2 aromatic rings. The largest absolute Gasteiger partial charge is 0.506 e. The molecular weight excluding hydrogens is 367 g/mol. The number of aliphatic carboxylic acids is 1. The van der Waals surface area contributed by atoms with Crippen molar-refractivity contribution in [3.05, 3.63) is 46.4 Å². The van der Waals surface area contributed by atoms with Crippen molar-refractivity contribution in [1.82, 2.24) is 0 Å². The summed E-state index contributed by atoms with van der Waals surface area (Å²) in [4.78, 5) is 12.6. The normalized spacial score (nSPS) is 10.9. The Bertz CT molecular complexity index is 656. The monoisotopic (exact) mass is 376 g/mol. The minimum atomic E-state index is -1.01. The lowest BCUT2D eigenvalue weighted by atomic mass is 10.3. The van der Waals surface area contributed by atoms with E-state index in [1.54, 1.807) is 12.1 Å². The minimum Gasteiger partial charge on any atom is -0.506 e. The van der Waals surface area contributed by atoms with Gasteiger partial charge in [0.25, 0.3) is 0 Å². The molecule has 116 valence electrons. The van der Waals surface area contributed by atoms with Gasteiger partial charge >= 0.3 is 5.97 Å². The van der Waals surface area contributed by atoms with Crippen molar-refractivity contribution in [2.75, 3.05) is 0 Å². The maximum atomic E-state index is 11.4. The van der Waals surface area contributed by atoms with Crippen LogP contribution in [0.15, 0.2) is 46.2 Å². The fourth-order valence-corrected chi connectivity index (χ4v) is 4.20. The summed E-state index contributed by atoms with van der Waals surface area (Å²) in [5, 5.41) is 28.4. The van der Waals surface area contributed by atoms with Crippen molar-refractivity contribution in [3.8, 4) is 11.5 Å². The van der Waals surface area contributed by atoms with Gasteiger partial charge in [0.05, 0.1) is 10.0 Å². The van der Waals surface area contributed by atoms with Crippen LogP contribution in [-0.4, -0.2) is 25.9 Å². The van der Waals surface area contributed by atoms with Crippen molar-refractivity contribution < 1.29 is 20.1 Å². The molecule has 0 unspecified atom stereocenters. The third-order valence-corrected chi connectivity index (χ3v) is 5.59. The number of phenols is 2. The third-order valence-electron chi connectivity index (χ3n) is 2.53. The molecule has 0 atom stereocenters. The maximum absolute atomic E-state index is 11.4. The molecule has 0 spiro atoms. The van der Waals surface area contributed by atoms with Crippen molar-refractivity contribution in [2.45, 2.75) is 14.4 Å². The van der Waals surface area contributed by atoms with Gasteiger partial charge in [-0.05, 0) is 36.4 Å². The van der Waals surface area contributed by atoms with E-state index in [2.05, 4.69) is 0 Å². The fraction of sp³-hybridized carbons (Fsp3) is 0.0714. The summed E-state index contributed by atoms with van der Waals surface area (Å²) < 4.78 is -0.832. The first-order chi connectivity index (χ1) is 10.4. The van der Waals surface area contributed by atoms with Crippen molar-refractivity contribution in [3.63, 3.8) is 0 Å². The molecule has 2 aromatic carbocycles. The van der Waals surface area contributed by atoms with Crippen LogP contribution in [0.5, 0.6) is 11.5 Å². The number of phenolic OH excluding ortho intramolecular Hbond substituents is 2. The summed E-state index contributed by atoms with van der Waals surface area (Å²) in [5.41, 5.74) is 0. The molecule has 8 heteroatoms. The molecule has 0 aliphatic heterocycles. The van der Waals surface area contributed by atoms with E-state index in [0.29, 0.717) is 9.79 Å². The first-order valence-electron chi connectivity index (χ1n) is 5.90. The van der Waals surface area contributed by atoms with E-state index >= 15 is 0 Å². The molecule has 22 heavy (non-hydrogen) atoms. The number of carboxylic acids is 1. The highest BCUT2D eigenvalue weighted by atomic mass is 35.5. The van der Waals surface area contributed by atoms with E-state index in [1.165, 1.54) is 24.3 Å². The van der Waals surface area contributed by atoms with Crippen molar-refractivity contribution in [2.24, 2.45) is 0 Å². The first-order valence-corrected chi connectivity index (χ1v) is 8.41. The zero-order chi connectivity index (χ0) is 16.3. The second kappa shape index (κ2) is 7.37. The Kier molecular flexibility index (Phi) is 5.74. The predicted molar refractivity (Wildman–Crippen MR) is 89.4 cm³/mol. The Labute approximate surface area is 145 Å². The highest BCUT2D eigenvalue weighted by Gasteiger charge is 2.21. The van der Waals surface area contributed by atoms with Crippen LogP contribution >= 0.6 is 46.7 Å². The number of thioether (sulfide) groups is 2. The Morgan fingerprint density at radius 3 is 1.64 bits per heavy atom. The molecule has 0 fully saturated rings. The number of halogens is 2. The van der Waals surface area contributed by atoms with Gasteiger partial charge in [-0.1, -0.05) is 46.7 Å². The van der Waals surface area contributed by atoms with Crippen LogP contribution in [0, 0.1) is 0 Å². The van der Waals surface area contributed by atoms with E-state index in [-0.39, 0.29) is 21.5 Å². The molecule has 2 rings (SSSR count). The Morgan fingerprint density at radius 1 is 0.909 bits per heavy atom. The van der Waals surface area contributed by atoms with Crippen molar-refractivity contribution >= 4 is 52.7 Å². The second-order valence-electron chi connectivity index (χ2n) is 4.13. The number of benzene rings is 2. The van der Waals surface area contributed by atoms with Gasteiger partial charge in [0.15, 0.2) is 4.58 Å². The Hall–Kier alpha value is -1.21. The molecule has 0 amide bonds. The molecule has 0 saturated heterocycles. The van der Waals surface area contributed by atoms with Gasteiger partial charge in [0, 0.05) is 9.79 Å². The smallest absolute Gasteiger partial charge is 0.327 e. The summed E-state index contributed by atoms with van der Waals surface area (Å²) in [6.45, 7) is 0. The fourth-order valence-electron chi connectivity index (χ4n) is 1.49. The van der Waals surface area contributed by atoms with Crippen LogP contribution in [0.3, 0.4) is 0 Å². The van der Waals surface area contributed by atoms with Crippen molar-refractivity contribution in [1.29, 1.82) is 0 Å². The van der Waals surface area contributed by atoms with Crippen LogP contribution in [0.2, 0.25) is 10.0 Å². The van der Waals surface area contributed by atoms with E-state index < -0.39 is 10.6 Å². The van der Waals surface area contributed by atoms with Crippen LogP contribution < -0.4 is 0 Å². The highest BCUT2D eigenvalue weighted by molar-refractivity contribution is 8.18. The van der Waals surface area contributed by atoms with E-state index in [1.807, 2.05) is 0 Å². The molecule has 0 bridgehead atoms. The molecule has 0 radical (unpaired) electrons. The van der Waals surface area contributed by atoms with E-state index in [0.717, 1.165) is 23.5 Å². The molecule has 0 aliphatic carbocycles. The number of hydrogen-bond donors (Lipinski definition) is 3. The van der Waals surface area contributed by atoms with E-state index in [9.17, 15) is 20.1 Å². The van der Waals surface area contributed by atoms with Crippen LogP contribution in [-0.2, 0) is 4.79 Å². The Balaban J connectivity index is 2.17. The van der Waals surface area contributed by atoms with Crippen LogP contribution in [0.1, 0.15) is 0 Å². The van der Waals surface area contributed by atoms with Gasteiger partial charge in [-0.25, -0.2) is 0 Å². The molecule has 0 heterocycles. The molecule has 4 nitrogen and oxygen atoms in total. The summed E-state index contributed by atoms with van der Waals surface area (Å²) >= 11 is 13.8. The minimum absolute atomic E-state index is 0.0594. The molecule has 0 aromatic heterocycles. The number of rotatable bonds is 5. The second-order valence-corrected chi connectivity index (χ2v) is 7.60. The standard InChI is InChI=1S/C14H10Cl2O4S2/c15-9-5-7(1-3-11(9)17)21-14(13(19)20)22-8-2-4-12(18)10(16)6-8/h1-6,14,17-18H,(H,19,20). The summed E-state index contributed by atoms with van der Waals surface area (Å²) in [5.74, 6) is -1.13. The lowest BCUT2D eigenvalue weighted by Crippen LogP contribution is -2.11. The molecule has 0 saturated carbocycles. The number of carboxylic acid groups (broad SMARTS) is 1. The topological polar surface area (TPSA) is 77.8 Å². The predicted octanol–water partition coefficient (Wildman–Crippen LogP) is 4.70.